The van der Waals surface area contributed by atoms with Gasteiger partial charge >= 0.3 is 0 Å². The largest absolute Gasteiger partial charge is 0.368 e. The van der Waals surface area contributed by atoms with Crippen LogP contribution in [-0.2, 0) is 10.2 Å². The standard InChI is InChI=1S/C27H37N3O2/c1-26(2,3)19-24(31)30-17-15-29(16-18-30)23-13-11-22(12-14-23)28-25(32)20-7-9-21(10-8-20)27(4,5)6/h7-14H,15-19H2,1-6H3,(H,28,32). The van der Waals surface area contributed by atoms with Crippen molar-refractivity contribution < 1.29 is 9.59 Å². The van der Waals surface area contributed by atoms with Crippen molar-refractivity contribution in [2.24, 2.45) is 5.41 Å². The summed E-state index contributed by atoms with van der Waals surface area (Å²) in [5.74, 6) is 0.134. The number of nitrogens with one attached hydrogen (secondary N) is 1. The molecule has 0 bridgehead atoms. The van der Waals surface area contributed by atoms with Crippen LogP contribution >= 0.6 is 0 Å². The van der Waals surface area contributed by atoms with E-state index in [4.69, 9.17) is 0 Å². The molecule has 0 spiro atoms. The highest BCUT2D eigenvalue weighted by Crippen LogP contribution is 2.24. The van der Waals surface area contributed by atoms with Crippen LogP contribution in [0.5, 0.6) is 0 Å². The number of hydrogen-bond donors (Lipinski definition) is 1. The van der Waals surface area contributed by atoms with Crippen LogP contribution in [0.15, 0.2) is 48.5 Å². The van der Waals surface area contributed by atoms with E-state index >= 15 is 0 Å². The van der Waals surface area contributed by atoms with Crippen LogP contribution < -0.4 is 10.2 Å². The number of benzene rings is 2. The third-order valence-corrected chi connectivity index (χ3v) is 5.82. The number of piperazine rings is 1. The maximum Gasteiger partial charge on any atom is 0.255 e. The fraction of sp³-hybridized carbons (Fsp3) is 0.481. The molecular formula is C27H37N3O2. The van der Waals surface area contributed by atoms with E-state index in [0.29, 0.717) is 12.0 Å². The topological polar surface area (TPSA) is 52.7 Å². The van der Waals surface area contributed by atoms with Gasteiger partial charge in [0, 0.05) is 49.5 Å². The van der Waals surface area contributed by atoms with Crippen LogP contribution in [0.25, 0.3) is 0 Å². The molecule has 0 aliphatic carbocycles. The second-order valence-corrected chi connectivity index (χ2v) is 10.9. The Bertz CT molecular complexity index is 927. The first kappa shape index (κ1) is 23.8. The van der Waals surface area contributed by atoms with Crippen molar-refractivity contribution in [2.75, 3.05) is 36.4 Å². The highest BCUT2D eigenvalue weighted by atomic mass is 16.2. The fourth-order valence-electron chi connectivity index (χ4n) is 3.86. The molecule has 1 saturated heterocycles. The Morgan fingerprint density at radius 3 is 1.88 bits per heavy atom. The molecule has 1 aliphatic heterocycles. The maximum atomic E-state index is 12.6. The molecule has 1 heterocycles. The van der Waals surface area contributed by atoms with Crippen molar-refractivity contribution in [1.29, 1.82) is 0 Å². The van der Waals surface area contributed by atoms with E-state index in [0.717, 1.165) is 37.6 Å². The first-order valence-corrected chi connectivity index (χ1v) is 11.5. The summed E-state index contributed by atoms with van der Waals surface area (Å²) in [5.41, 5.74) is 3.83. The van der Waals surface area contributed by atoms with Gasteiger partial charge in [0.05, 0.1) is 0 Å². The van der Waals surface area contributed by atoms with Gasteiger partial charge in [0.25, 0.3) is 5.91 Å². The highest BCUT2D eigenvalue weighted by molar-refractivity contribution is 6.04. The molecular weight excluding hydrogens is 398 g/mol. The zero-order valence-corrected chi connectivity index (χ0v) is 20.4. The van der Waals surface area contributed by atoms with Crippen LogP contribution in [0.3, 0.4) is 0 Å². The van der Waals surface area contributed by atoms with Gasteiger partial charge in [0.1, 0.15) is 0 Å². The van der Waals surface area contributed by atoms with Crippen molar-refractivity contribution in [2.45, 2.75) is 53.4 Å². The highest BCUT2D eigenvalue weighted by Gasteiger charge is 2.25. The van der Waals surface area contributed by atoms with Gasteiger partial charge in [-0.1, -0.05) is 53.7 Å². The van der Waals surface area contributed by atoms with Crippen molar-refractivity contribution in [1.82, 2.24) is 4.90 Å². The van der Waals surface area contributed by atoms with Gasteiger partial charge in [-0.25, -0.2) is 0 Å². The summed E-state index contributed by atoms with van der Waals surface area (Å²) < 4.78 is 0. The molecule has 5 nitrogen and oxygen atoms in total. The SMILES string of the molecule is CC(C)(C)CC(=O)N1CCN(c2ccc(NC(=O)c3ccc(C(C)(C)C)cc3)cc2)CC1. The summed E-state index contributed by atoms with van der Waals surface area (Å²) in [6.07, 6.45) is 0.584. The quantitative estimate of drug-likeness (QED) is 0.707. The maximum absolute atomic E-state index is 12.6. The summed E-state index contributed by atoms with van der Waals surface area (Å²) in [6, 6.07) is 15.7. The molecule has 3 rings (SSSR count). The van der Waals surface area contributed by atoms with E-state index in [1.165, 1.54) is 5.56 Å². The zero-order chi connectivity index (χ0) is 23.5. The predicted octanol–water partition coefficient (Wildman–Crippen LogP) is 5.32. The van der Waals surface area contributed by atoms with Crippen molar-refractivity contribution in [3.05, 3.63) is 59.7 Å². The Morgan fingerprint density at radius 2 is 1.38 bits per heavy atom. The first-order chi connectivity index (χ1) is 14.9. The summed E-state index contributed by atoms with van der Waals surface area (Å²) in [7, 11) is 0. The van der Waals surface area contributed by atoms with Gasteiger partial charge < -0.3 is 15.1 Å². The Hall–Kier alpha value is -2.82. The lowest BCUT2D eigenvalue weighted by molar-refractivity contribution is -0.133. The predicted molar refractivity (Wildman–Crippen MR) is 132 cm³/mol. The average molecular weight is 436 g/mol. The van der Waals surface area contributed by atoms with Crippen LogP contribution in [0.4, 0.5) is 11.4 Å². The average Bonchev–Trinajstić information content (AvgIpc) is 2.73. The Morgan fingerprint density at radius 1 is 0.812 bits per heavy atom. The molecule has 2 amide bonds. The molecule has 2 aromatic rings. The third-order valence-electron chi connectivity index (χ3n) is 5.82. The van der Waals surface area contributed by atoms with Crippen molar-refractivity contribution in [3.63, 3.8) is 0 Å². The van der Waals surface area contributed by atoms with Gasteiger partial charge in [0.15, 0.2) is 0 Å². The minimum absolute atomic E-state index is 0.0170. The number of hydrogen-bond acceptors (Lipinski definition) is 3. The number of carbonyl (C=O) groups is 2. The number of carbonyl (C=O) groups excluding carboxylic acids is 2. The number of anilines is 2. The first-order valence-electron chi connectivity index (χ1n) is 11.5. The number of nitrogens with zero attached hydrogens (tertiary/aromatic N) is 2. The summed E-state index contributed by atoms with van der Waals surface area (Å²) in [6.45, 7) is 15.9. The number of rotatable bonds is 4. The summed E-state index contributed by atoms with van der Waals surface area (Å²) in [4.78, 5) is 29.3. The fourth-order valence-corrected chi connectivity index (χ4v) is 3.86. The molecule has 2 aromatic carbocycles. The van der Waals surface area contributed by atoms with Crippen LogP contribution in [0.1, 0.15) is 63.9 Å². The lowest BCUT2D eigenvalue weighted by Gasteiger charge is -2.37. The lowest BCUT2D eigenvalue weighted by atomic mass is 9.87. The Labute approximate surface area is 192 Å². The van der Waals surface area contributed by atoms with Crippen molar-refractivity contribution in [3.8, 4) is 0 Å². The third kappa shape index (κ3) is 6.35. The van der Waals surface area contributed by atoms with Crippen LogP contribution in [0, 0.1) is 5.41 Å². The lowest BCUT2D eigenvalue weighted by Crippen LogP contribution is -2.49. The summed E-state index contributed by atoms with van der Waals surface area (Å²) in [5, 5.41) is 2.98. The molecule has 0 radical (unpaired) electrons. The van der Waals surface area contributed by atoms with E-state index in [-0.39, 0.29) is 22.6 Å². The van der Waals surface area contributed by atoms with Gasteiger partial charge in [0.2, 0.25) is 5.91 Å². The second kappa shape index (κ2) is 9.35. The zero-order valence-electron chi connectivity index (χ0n) is 20.4. The van der Waals surface area contributed by atoms with Gasteiger partial charge in [-0.15, -0.1) is 0 Å². The minimum Gasteiger partial charge on any atom is -0.368 e. The van der Waals surface area contributed by atoms with Gasteiger partial charge in [-0.3, -0.25) is 9.59 Å². The second-order valence-electron chi connectivity index (χ2n) is 10.9. The van der Waals surface area contributed by atoms with E-state index in [1.807, 2.05) is 53.4 Å². The van der Waals surface area contributed by atoms with E-state index < -0.39 is 0 Å². The smallest absolute Gasteiger partial charge is 0.255 e. The van der Waals surface area contributed by atoms with Crippen molar-refractivity contribution >= 4 is 23.2 Å². The Kier molecular flexibility index (Phi) is 6.97. The minimum atomic E-state index is -0.107. The number of amides is 2. The molecule has 172 valence electrons. The molecule has 1 aliphatic rings. The van der Waals surface area contributed by atoms with Gasteiger partial charge in [-0.2, -0.15) is 0 Å². The van der Waals surface area contributed by atoms with E-state index in [1.54, 1.807) is 0 Å². The normalized spacial score (nSPS) is 14.9. The molecule has 1 fully saturated rings. The monoisotopic (exact) mass is 435 g/mol. The van der Waals surface area contributed by atoms with E-state index in [9.17, 15) is 9.59 Å². The van der Waals surface area contributed by atoms with Crippen LogP contribution in [0.2, 0.25) is 0 Å². The van der Waals surface area contributed by atoms with Gasteiger partial charge in [-0.05, 0) is 52.8 Å². The summed E-state index contributed by atoms with van der Waals surface area (Å²) >= 11 is 0. The van der Waals surface area contributed by atoms with Crippen LogP contribution in [-0.4, -0.2) is 42.9 Å². The molecule has 5 heteroatoms. The molecule has 0 aromatic heterocycles. The molecule has 0 atom stereocenters. The van der Waals surface area contributed by atoms with E-state index in [2.05, 4.69) is 51.8 Å². The molecule has 1 N–H and O–H groups in total. The molecule has 0 saturated carbocycles. The Balaban J connectivity index is 1.54. The molecule has 32 heavy (non-hydrogen) atoms. The molecule has 0 unspecified atom stereocenters.